The zero-order valence-electron chi connectivity index (χ0n) is 9.61. The molecule has 1 nitrogen and oxygen atoms in total. The summed E-state index contributed by atoms with van der Waals surface area (Å²) in [5.74, 6) is 6.38. The minimum atomic E-state index is 0.327. The normalized spacial score (nSPS) is 20.4. The fourth-order valence-electron chi connectivity index (χ4n) is 1.89. The third-order valence-electron chi connectivity index (χ3n) is 2.86. The molecule has 1 aromatic carbocycles. The lowest BCUT2D eigenvalue weighted by Gasteiger charge is -2.16. The van der Waals surface area contributed by atoms with Gasteiger partial charge in [0.25, 0.3) is 0 Å². The van der Waals surface area contributed by atoms with Crippen LogP contribution in [-0.4, -0.2) is 6.10 Å². The van der Waals surface area contributed by atoms with Crippen molar-refractivity contribution >= 4 is 0 Å². The van der Waals surface area contributed by atoms with Crippen LogP contribution in [0.25, 0.3) is 0 Å². The van der Waals surface area contributed by atoms with Gasteiger partial charge in [-0.15, -0.1) is 11.8 Å². The first-order valence-electron chi connectivity index (χ1n) is 6.06. The van der Waals surface area contributed by atoms with Gasteiger partial charge in [-0.25, -0.2) is 0 Å². The van der Waals surface area contributed by atoms with Crippen molar-refractivity contribution in [3.63, 3.8) is 0 Å². The molecule has 0 saturated heterocycles. The predicted molar refractivity (Wildman–Crippen MR) is 65.9 cm³/mol. The summed E-state index contributed by atoms with van der Waals surface area (Å²) in [7, 11) is 0. The zero-order valence-corrected chi connectivity index (χ0v) is 9.61. The molecular weight excluding hydrogens is 196 g/mol. The first kappa shape index (κ1) is 11.2. The van der Waals surface area contributed by atoms with Gasteiger partial charge in [0, 0.05) is 12.8 Å². The van der Waals surface area contributed by atoms with E-state index in [1.165, 1.54) is 18.4 Å². The average molecular weight is 214 g/mol. The predicted octanol–water partition coefficient (Wildman–Crippen LogP) is 3.54. The molecule has 1 aromatic rings. The van der Waals surface area contributed by atoms with Crippen LogP contribution in [0, 0.1) is 11.8 Å². The lowest BCUT2D eigenvalue weighted by Crippen LogP contribution is -2.13. The maximum absolute atomic E-state index is 5.90. The molecule has 1 unspecified atom stereocenters. The number of hydrogen-bond donors (Lipinski definition) is 0. The summed E-state index contributed by atoms with van der Waals surface area (Å²) in [5.41, 5.74) is 1.25. The van der Waals surface area contributed by atoms with Crippen molar-refractivity contribution in [2.75, 3.05) is 0 Å². The monoisotopic (exact) mass is 214 g/mol. The van der Waals surface area contributed by atoms with Gasteiger partial charge in [0.15, 0.2) is 0 Å². The van der Waals surface area contributed by atoms with Crippen LogP contribution in [-0.2, 0) is 11.3 Å². The summed E-state index contributed by atoms with van der Waals surface area (Å²) in [4.78, 5) is 0. The van der Waals surface area contributed by atoms with Gasteiger partial charge in [-0.1, -0.05) is 30.3 Å². The SMILES string of the molecule is C1#CCC(OCc2ccccc2)CCCC1. The van der Waals surface area contributed by atoms with Gasteiger partial charge in [-0.2, -0.15) is 0 Å². The Labute approximate surface area is 97.8 Å². The quantitative estimate of drug-likeness (QED) is 0.699. The van der Waals surface area contributed by atoms with Crippen LogP contribution in [0.1, 0.15) is 37.7 Å². The second-order valence-corrected chi connectivity index (χ2v) is 4.22. The highest BCUT2D eigenvalue weighted by Gasteiger charge is 2.08. The van der Waals surface area contributed by atoms with Gasteiger partial charge in [0.2, 0.25) is 0 Å². The Bertz CT molecular complexity index is 358. The standard InChI is InChI=1S/C15H18O/c1-2-7-11-15(12-8-3-1)16-13-14-9-5-4-6-10-14/h4-6,9-10,15H,1-2,7,11-13H2. The van der Waals surface area contributed by atoms with Gasteiger partial charge < -0.3 is 4.74 Å². The van der Waals surface area contributed by atoms with E-state index in [1.54, 1.807) is 0 Å². The molecule has 0 N–H and O–H groups in total. The summed E-state index contributed by atoms with van der Waals surface area (Å²) in [6, 6.07) is 10.3. The van der Waals surface area contributed by atoms with E-state index in [4.69, 9.17) is 4.74 Å². The molecule has 1 aliphatic carbocycles. The Balaban J connectivity index is 1.82. The molecular formula is C15H18O. The van der Waals surface area contributed by atoms with Crippen molar-refractivity contribution in [3.8, 4) is 11.8 Å². The van der Waals surface area contributed by atoms with Gasteiger partial charge in [0.05, 0.1) is 12.7 Å². The molecule has 0 saturated carbocycles. The Hall–Kier alpha value is -1.26. The first-order valence-corrected chi connectivity index (χ1v) is 6.06. The van der Waals surface area contributed by atoms with E-state index in [0.29, 0.717) is 12.7 Å². The van der Waals surface area contributed by atoms with Gasteiger partial charge in [-0.05, 0) is 24.8 Å². The fraction of sp³-hybridized carbons (Fsp3) is 0.467. The molecule has 0 heterocycles. The molecule has 84 valence electrons. The second-order valence-electron chi connectivity index (χ2n) is 4.22. The van der Waals surface area contributed by atoms with E-state index in [2.05, 4.69) is 36.1 Å². The van der Waals surface area contributed by atoms with Crippen LogP contribution >= 0.6 is 0 Å². The summed E-state index contributed by atoms with van der Waals surface area (Å²) >= 11 is 0. The van der Waals surface area contributed by atoms with E-state index in [-0.39, 0.29) is 0 Å². The van der Waals surface area contributed by atoms with E-state index in [9.17, 15) is 0 Å². The molecule has 0 spiro atoms. The largest absolute Gasteiger partial charge is 0.373 e. The molecule has 0 aliphatic heterocycles. The van der Waals surface area contributed by atoms with Crippen molar-refractivity contribution in [2.24, 2.45) is 0 Å². The minimum Gasteiger partial charge on any atom is -0.373 e. The zero-order chi connectivity index (χ0) is 11.1. The third kappa shape index (κ3) is 3.72. The van der Waals surface area contributed by atoms with Crippen LogP contribution in [0.15, 0.2) is 30.3 Å². The summed E-state index contributed by atoms with van der Waals surface area (Å²) in [5, 5.41) is 0. The molecule has 0 bridgehead atoms. The number of hydrogen-bond acceptors (Lipinski definition) is 1. The molecule has 0 aromatic heterocycles. The van der Waals surface area contributed by atoms with Crippen LogP contribution in [0.4, 0.5) is 0 Å². The molecule has 0 radical (unpaired) electrons. The highest BCUT2D eigenvalue weighted by atomic mass is 16.5. The van der Waals surface area contributed by atoms with Crippen molar-refractivity contribution in [3.05, 3.63) is 35.9 Å². The number of ether oxygens (including phenoxy) is 1. The van der Waals surface area contributed by atoms with Crippen LogP contribution in [0.3, 0.4) is 0 Å². The van der Waals surface area contributed by atoms with Crippen molar-refractivity contribution < 1.29 is 4.74 Å². The highest BCUT2D eigenvalue weighted by molar-refractivity contribution is 5.13. The highest BCUT2D eigenvalue weighted by Crippen LogP contribution is 2.14. The molecule has 0 fully saturated rings. The summed E-state index contributed by atoms with van der Waals surface area (Å²) < 4.78 is 5.90. The average Bonchev–Trinajstić information content (AvgIpc) is 2.29. The first-order chi connectivity index (χ1) is 7.95. The van der Waals surface area contributed by atoms with E-state index < -0.39 is 0 Å². The van der Waals surface area contributed by atoms with Crippen LogP contribution < -0.4 is 0 Å². The lowest BCUT2D eigenvalue weighted by atomic mass is 10.1. The van der Waals surface area contributed by atoms with Crippen molar-refractivity contribution in [1.29, 1.82) is 0 Å². The fourth-order valence-corrected chi connectivity index (χ4v) is 1.89. The molecule has 0 amide bonds. The summed E-state index contributed by atoms with van der Waals surface area (Å²) in [6.45, 7) is 0.715. The molecule has 1 heteroatoms. The molecule has 1 aliphatic rings. The smallest absolute Gasteiger partial charge is 0.0721 e. The van der Waals surface area contributed by atoms with Crippen LogP contribution in [0.2, 0.25) is 0 Å². The molecule has 2 rings (SSSR count). The Kier molecular flexibility index (Phi) is 4.46. The molecule has 1 atom stereocenters. The topological polar surface area (TPSA) is 9.23 Å². The Morgan fingerprint density at radius 3 is 2.88 bits per heavy atom. The van der Waals surface area contributed by atoms with E-state index >= 15 is 0 Å². The number of benzene rings is 1. The van der Waals surface area contributed by atoms with Crippen LogP contribution in [0.5, 0.6) is 0 Å². The lowest BCUT2D eigenvalue weighted by molar-refractivity contribution is 0.0365. The maximum Gasteiger partial charge on any atom is 0.0721 e. The molecule has 16 heavy (non-hydrogen) atoms. The van der Waals surface area contributed by atoms with E-state index in [1.807, 2.05) is 6.07 Å². The minimum absolute atomic E-state index is 0.327. The number of rotatable bonds is 3. The van der Waals surface area contributed by atoms with Gasteiger partial charge >= 0.3 is 0 Å². The van der Waals surface area contributed by atoms with Crippen molar-refractivity contribution in [2.45, 2.75) is 44.8 Å². The Morgan fingerprint density at radius 2 is 2.00 bits per heavy atom. The Morgan fingerprint density at radius 1 is 1.12 bits per heavy atom. The van der Waals surface area contributed by atoms with Gasteiger partial charge in [0.1, 0.15) is 0 Å². The van der Waals surface area contributed by atoms with E-state index in [0.717, 1.165) is 19.3 Å². The maximum atomic E-state index is 5.90. The van der Waals surface area contributed by atoms with Gasteiger partial charge in [-0.3, -0.25) is 0 Å². The van der Waals surface area contributed by atoms with Crippen molar-refractivity contribution in [1.82, 2.24) is 0 Å². The summed E-state index contributed by atoms with van der Waals surface area (Å²) in [6.07, 6.45) is 5.90. The second kappa shape index (κ2) is 6.35. The third-order valence-corrected chi connectivity index (χ3v) is 2.86.